The summed E-state index contributed by atoms with van der Waals surface area (Å²) in [5, 5.41) is 3.43. The van der Waals surface area contributed by atoms with Crippen LogP contribution in [-0.2, 0) is 0 Å². The molecule has 1 N–H and O–H groups in total. The fourth-order valence-electron chi connectivity index (χ4n) is 2.35. The lowest BCUT2D eigenvalue weighted by Gasteiger charge is -2.17. The first-order chi connectivity index (χ1) is 10.1. The molecule has 0 spiro atoms. The normalized spacial score (nSPS) is 12.2. The van der Waals surface area contributed by atoms with E-state index in [1.54, 1.807) is 12.1 Å². The van der Waals surface area contributed by atoms with Crippen LogP contribution >= 0.6 is 0 Å². The third-order valence-corrected chi connectivity index (χ3v) is 3.43. The second-order valence-corrected chi connectivity index (χ2v) is 5.13. The van der Waals surface area contributed by atoms with E-state index in [0.29, 0.717) is 11.8 Å². The second-order valence-electron chi connectivity index (χ2n) is 5.13. The van der Waals surface area contributed by atoms with E-state index in [2.05, 4.69) is 25.2 Å². The largest absolute Gasteiger partial charge is 0.454 e. The predicted octanol–water partition coefficient (Wildman–Crippen LogP) is 4.99. The summed E-state index contributed by atoms with van der Waals surface area (Å²) in [5.41, 5.74) is 2.13. The number of halogens is 1. The van der Waals surface area contributed by atoms with Gasteiger partial charge >= 0.3 is 0 Å². The molecule has 3 heteroatoms. The SMILES string of the molecule is CCNC(CC)c1cccc(Oc2cc(C)ccc2F)c1. The van der Waals surface area contributed by atoms with Gasteiger partial charge in [-0.15, -0.1) is 0 Å². The van der Waals surface area contributed by atoms with Gasteiger partial charge < -0.3 is 10.1 Å². The molecule has 0 aliphatic carbocycles. The Balaban J connectivity index is 2.23. The van der Waals surface area contributed by atoms with E-state index in [-0.39, 0.29) is 11.6 Å². The maximum Gasteiger partial charge on any atom is 0.165 e. The molecule has 1 unspecified atom stereocenters. The van der Waals surface area contributed by atoms with E-state index in [4.69, 9.17) is 4.74 Å². The van der Waals surface area contributed by atoms with Crippen molar-refractivity contribution < 1.29 is 9.13 Å². The Morgan fingerprint density at radius 2 is 1.95 bits per heavy atom. The van der Waals surface area contributed by atoms with Gasteiger partial charge in [0.25, 0.3) is 0 Å². The Kier molecular flexibility index (Phi) is 5.34. The van der Waals surface area contributed by atoms with Gasteiger partial charge in [0.05, 0.1) is 0 Å². The molecule has 2 rings (SSSR count). The van der Waals surface area contributed by atoms with Crippen LogP contribution < -0.4 is 10.1 Å². The van der Waals surface area contributed by atoms with Crippen LogP contribution in [0.5, 0.6) is 11.5 Å². The quantitative estimate of drug-likeness (QED) is 0.808. The summed E-state index contributed by atoms with van der Waals surface area (Å²) in [6, 6.07) is 13.0. The van der Waals surface area contributed by atoms with E-state index in [0.717, 1.165) is 24.1 Å². The van der Waals surface area contributed by atoms with Gasteiger partial charge in [-0.25, -0.2) is 4.39 Å². The lowest BCUT2D eigenvalue weighted by molar-refractivity contribution is 0.439. The number of ether oxygens (including phenoxy) is 1. The van der Waals surface area contributed by atoms with Crippen molar-refractivity contribution in [2.75, 3.05) is 6.54 Å². The number of hydrogen-bond donors (Lipinski definition) is 1. The first-order valence-electron chi connectivity index (χ1n) is 7.41. The van der Waals surface area contributed by atoms with Gasteiger partial charge in [-0.2, -0.15) is 0 Å². The molecule has 0 saturated carbocycles. The van der Waals surface area contributed by atoms with Gasteiger partial charge in [0.15, 0.2) is 11.6 Å². The van der Waals surface area contributed by atoms with Crippen molar-refractivity contribution in [2.45, 2.75) is 33.2 Å². The molecule has 0 aromatic heterocycles. The second kappa shape index (κ2) is 7.23. The third-order valence-electron chi connectivity index (χ3n) is 3.43. The zero-order valence-corrected chi connectivity index (χ0v) is 12.8. The number of aryl methyl sites for hydroxylation is 1. The summed E-state index contributed by atoms with van der Waals surface area (Å²) < 4.78 is 19.5. The highest BCUT2D eigenvalue weighted by atomic mass is 19.1. The van der Waals surface area contributed by atoms with E-state index >= 15 is 0 Å². The van der Waals surface area contributed by atoms with Crippen molar-refractivity contribution in [3.05, 3.63) is 59.4 Å². The Morgan fingerprint density at radius 1 is 1.14 bits per heavy atom. The first-order valence-corrected chi connectivity index (χ1v) is 7.41. The zero-order chi connectivity index (χ0) is 15.2. The molecular weight excluding hydrogens is 265 g/mol. The number of nitrogens with one attached hydrogen (secondary N) is 1. The predicted molar refractivity (Wildman–Crippen MR) is 84.4 cm³/mol. The van der Waals surface area contributed by atoms with Crippen molar-refractivity contribution in [3.8, 4) is 11.5 Å². The van der Waals surface area contributed by atoms with Crippen LogP contribution in [0.25, 0.3) is 0 Å². The lowest BCUT2D eigenvalue weighted by Crippen LogP contribution is -2.19. The Bertz CT molecular complexity index is 598. The van der Waals surface area contributed by atoms with Crippen LogP contribution in [-0.4, -0.2) is 6.54 Å². The molecule has 0 heterocycles. The molecule has 0 amide bonds. The van der Waals surface area contributed by atoms with Crippen molar-refractivity contribution in [1.82, 2.24) is 5.32 Å². The Morgan fingerprint density at radius 3 is 2.67 bits per heavy atom. The zero-order valence-electron chi connectivity index (χ0n) is 12.8. The molecule has 0 saturated heterocycles. The molecule has 21 heavy (non-hydrogen) atoms. The van der Waals surface area contributed by atoms with Crippen LogP contribution in [0.2, 0.25) is 0 Å². The maximum atomic E-state index is 13.8. The summed E-state index contributed by atoms with van der Waals surface area (Å²) >= 11 is 0. The molecule has 112 valence electrons. The summed E-state index contributed by atoms with van der Waals surface area (Å²) in [4.78, 5) is 0. The van der Waals surface area contributed by atoms with Gasteiger partial charge in [-0.05, 0) is 55.3 Å². The fraction of sp³-hybridized carbons (Fsp3) is 0.333. The van der Waals surface area contributed by atoms with Crippen LogP contribution in [0.4, 0.5) is 4.39 Å². The van der Waals surface area contributed by atoms with Crippen LogP contribution in [0, 0.1) is 12.7 Å². The molecule has 0 radical (unpaired) electrons. The molecule has 0 aliphatic rings. The average molecular weight is 287 g/mol. The monoisotopic (exact) mass is 287 g/mol. The minimum atomic E-state index is -0.343. The van der Waals surface area contributed by atoms with Gasteiger partial charge in [0.1, 0.15) is 5.75 Å². The van der Waals surface area contributed by atoms with Crippen LogP contribution in [0.15, 0.2) is 42.5 Å². The molecule has 0 fully saturated rings. The number of benzene rings is 2. The highest BCUT2D eigenvalue weighted by Crippen LogP contribution is 2.28. The molecule has 2 nitrogen and oxygen atoms in total. The lowest BCUT2D eigenvalue weighted by atomic mass is 10.0. The highest BCUT2D eigenvalue weighted by Gasteiger charge is 2.10. The fourth-order valence-corrected chi connectivity index (χ4v) is 2.35. The molecule has 2 aromatic carbocycles. The smallest absolute Gasteiger partial charge is 0.165 e. The van der Waals surface area contributed by atoms with Crippen molar-refractivity contribution in [2.24, 2.45) is 0 Å². The van der Waals surface area contributed by atoms with Crippen molar-refractivity contribution in [3.63, 3.8) is 0 Å². The molecule has 0 bridgehead atoms. The summed E-state index contributed by atoms with van der Waals surface area (Å²) in [6.07, 6.45) is 0.996. The van der Waals surface area contributed by atoms with Crippen molar-refractivity contribution >= 4 is 0 Å². The standard InChI is InChI=1S/C18H22FNO/c1-4-17(20-5-2)14-7-6-8-15(12-14)21-18-11-13(3)9-10-16(18)19/h6-12,17,20H,4-5H2,1-3H3. The number of hydrogen-bond acceptors (Lipinski definition) is 2. The van der Waals surface area contributed by atoms with Crippen LogP contribution in [0.1, 0.15) is 37.4 Å². The van der Waals surface area contributed by atoms with E-state index in [1.807, 2.05) is 25.1 Å². The molecule has 0 aliphatic heterocycles. The summed E-state index contributed by atoms with van der Waals surface area (Å²) in [7, 11) is 0. The molecular formula is C18H22FNO. The van der Waals surface area contributed by atoms with Crippen LogP contribution in [0.3, 0.4) is 0 Å². The molecule has 1 atom stereocenters. The van der Waals surface area contributed by atoms with E-state index < -0.39 is 0 Å². The molecule has 2 aromatic rings. The maximum absolute atomic E-state index is 13.8. The van der Waals surface area contributed by atoms with Gasteiger partial charge in [-0.1, -0.05) is 32.0 Å². The van der Waals surface area contributed by atoms with Crippen molar-refractivity contribution in [1.29, 1.82) is 0 Å². The highest BCUT2D eigenvalue weighted by molar-refractivity contribution is 5.37. The third kappa shape index (κ3) is 4.05. The Labute approximate surface area is 126 Å². The topological polar surface area (TPSA) is 21.3 Å². The van der Waals surface area contributed by atoms with E-state index in [1.165, 1.54) is 6.07 Å². The summed E-state index contributed by atoms with van der Waals surface area (Å²) in [6.45, 7) is 7.06. The Hall–Kier alpha value is -1.87. The number of rotatable bonds is 6. The minimum Gasteiger partial charge on any atom is -0.454 e. The van der Waals surface area contributed by atoms with Gasteiger partial charge in [-0.3, -0.25) is 0 Å². The average Bonchev–Trinajstić information content (AvgIpc) is 2.49. The van der Waals surface area contributed by atoms with Gasteiger partial charge in [0.2, 0.25) is 0 Å². The van der Waals surface area contributed by atoms with Gasteiger partial charge in [0, 0.05) is 6.04 Å². The first kappa shape index (κ1) is 15.5. The van der Waals surface area contributed by atoms with E-state index in [9.17, 15) is 4.39 Å². The summed E-state index contributed by atoms with van der Waals surface area (Å²) in [5.74, 6) is 0.585. The minimum absolute atomic E-state index is 0.267.